The van der Waals surface area contributed by atoms with E-state index in [1.807, 2.05) is 0 Å². The highest BCUT2D eigenvalue weighted by Crippen LogP contribution is 2.18. The number of anilines is 1. The molecule has 1 fully saturated rings. The van der Waals surface area contributed by atoms with Crippen molar-refractivity contribution in [2.45, 2.75) is 26.3 Å². The third-order valence-corrected chi connectivity index (χ3v) is 4.99. The Morgan fingerprint density at radius 1 is 1.58 bits per heavy atom. The van der Waals surface area contributed by atoms with E-state index in [-0.39, 0.29) is 6.54 Å². The largest absolute Gasteiger partial charge is 0.384 e. The molecule has 3 N–H and O–H groups in total. The molecule has 1 aromatic rings. The van der Waals surface area contributed by atoms with E-state index in [0.717, 1.165) is 12.8 Å². The van der Waals surface area contributed by atoms with E-state index in [4.69, 9.17) is 5.73 Å². The predicted octanol–water partition coefficient (Wildman–Crippen LogP) is 0.0686. The van der Waals surface area contributed by atoms with Crippen LogP contribution < -0.4 is 10.5 Å². The Balaban J connectivity index is 1.99. The smallest absolute Gasteiger partial charge is 0.279 e. The minimum Gasteiger partial charge on any atom is -0.384 e. The van der Waals surface area contributed by atoms with Crippen molar-refractivity contribution in [3.63, 3.8) is 0 Å². The molecule has 0 bridgehead atoms. The highest BCUT2D eigenvalue weighted by Gasteiger charge is 2.26. The first kappa shape index (κ1) is 14.3. The van der Waals surface area contributed by atoms with Gasteiger partial charge in [-0.3, -0.25) is 4.68 Å². The maximum atomic E-state index is 12.2. The highest BCUT2D eigenvalue weighted by atomic mass is 32.2. The Morgan fingerprint density at radius 2 is 2.32 bits per heavy atom. The second kappa shape index (κ2) is 5.48. The zero-order valence-corrected chi connectivity index (χ0v) is 12.2. The number of hydrogen-bond acceptors (Lipinski definition) is 4. The lowest BCUT2D eigenvalue weighted by Gasteiger charge is -2.29. The van der Waals surface area contributed by atoms with Gasteiger partial charge in [-0.05, 0) is 18.8 Å². The van der Waals surface area contributed by atoms with Gasteiger partial charge in [-0.1, -0.05) is 6.92 Å². The molecule has 0 radical (unpaired) electrons. The van der Waals surface area contributed by atoms with Crippen molar-refractivity contribution < 1.29 is 8.42 Å². The van der Waals surface area contributed by atoms with Crippen LogP contribution in [0, 0.1) is 5.92 Å². The van der Waals surface area contributed by atoms with E-state index in [2.05, 4.69) is 16.7 Å². The summed E-state index contributed by atoms with van der Waals surface area (Å²) in [5.41, 5.74) is 6.48. The molecule has 2 rings (SSSR count). The van der Waals surface area contributed by atoms with Crippen molar-refractivity contribution in [3.8, 4) is 0 Å². The Kier molecular flexibility index (Phi) is 4.12. The summed E-state index contributed by atoms with van der Waals surface area (Å²) in [6.07, 6.45) is 3.58. The number of rotatable bonds is 4. The van der Waals surface area contributed by atoms with Gasteiger partial charge in [0, 0.05) is 32.2 Å². The molecule has 1 aromatic heterocycles. The van der Waals surface area contributed by atoms with Crippen LogP contribution >= 0.6 is 0 Å². The number of aromatic nitrogens is 2. The lowest BCUT2D eigenvalue weighted by molar-refractivity contribution is 0.278. The summed E-state index contributed by atoms with van der Waals surface area (Å²) < 4.78 is 30.0. The Morgan fingerprint density at radius 3 is 2.89 bits per heavy atom. The zero-order valence-electron chi connectivity index (χ0n) is 11.3. The Labute approximate surface area is 113 Å². The molecule has 2 heterocycles. The molecule has 0 spiro atoms. The standard InChI is InChI=1S/C11H21N5O2S/c1-9-4-3-5-16(8-9)19(17,18)14-7-10-6-13-15(2)11(10)12/h6,9,14H,3-5,7-8,12H2,1-2H3. The van der Waals surface area contributed by atoms with Crippen molar-refractivity contribution in [1.29, 1.82) is 0 Å². The van der Waals surface area contributed by atoms with Crippen molar-refractivity contribution in [1.82, 2.24) is 18.8 Å². The fourth-order valence-electron chi connectivity index (χ4n) is 2.25. The van der Waals surface area contributed by atoms with Gasteiger partial charge < -0.3 is 5.73 Å². The number of nitrogens with two attached hydrogens (primary N) is 1. The summed E-state index contributed by atoms with van der Waals surface area (Å²) in [6.45, 7) is 3.41. The summed E-state index contributed by atoms with van der Waals surface area (Å²) in [4.78, 5) is 0. The molecule has 8 heteroatoms. The van der Waals surface area contributed by atoms with Crippen molar-refractivity contribution >= 4 is 16.0 Å². The van der Waals surface area contributed by atoms with E-state index in [1.165, 1.54) is 8.99 Å². The van der Waals surface area contributed by atoms with Gasteiger partial charge in [-0.25, -0.2) is 0 Å². The molecule has 1 aliphatic heterocycles. The Bertz CT molecular complexity index is 539. The van der Waals surface area contributed by atoms with E-state index >= 15 is 0 Å². The van der Waals surface area contributed by atoms with Crippen molar-refractivity contribution in [2.75, 3.05) is 18.8 Å². The summed E-state index contributed by atoms with van der Waals surface area (Å²) in [6, 6.07) is 0. The van der Waals surface area contributed by atoms with Crippen LogP contribution in [0.25, 0.3) is 0 Å². The number of nitrogens with one attached hydrogen (secondary N) is 1. The van der Waals surface area contributed by atoms with Crippen LogP contribution in [0.1, 0.15) is 25.3 Å². The molecule has 0 aromatic carbocycles. The fourth-order valence-corrected chi connectivity index (χ4v) is 3.59. The molecule has 1 aliphatic rings. The van der Waals surface area contributed by atoms with Crippen LogP contribution in [-0.2, 0) is 23.8 Å². The van der Waals surface area contributed by atoms with E-state index in [9.17, 15) is 8.42 Å². The summed E-state index contributed by atoms with van der Waals surface area (Å²) in [5.74, 6) is 0.892. The van der Waals surface area contributed by atoms with Gasteiger partial charge in [0.2, 0.25) is 0 Å². The minimum absolute atomic E-state index is 0.173. The number of hydrogen-bond donors (Lipinski definition) is 2. The van der Waals surface area contributed by atoms with Crippen molar-refractivity contribution in [3.05, 3.63) is 11.8 Å². The molecule has 19 heavy (non-hydrogen) atoms. The SMILES string of the molecule is CC1CCCN(S(=O)(=O)NCc2cnn(C)c2N)C1. The van der Waals surface area contributed by atoms with Crippen LogP contribution in [0.5, 0.6) is 0 Å². The third kappa shape index (κ3) is 3.26. The summed E-state index contributed by atoms with van der Waals surface area (Å²) >= 11 is 0. The second-order valence-corrected chi connectivity index (χ2v) is 6.87. The normalized spacial score (nSPS) is 21.7. The molecular formula is C11H21N5O2S. The first-order chi connectivity index (χ1) is 8.90. The maximum Gasteiger partial charge on any atom is 0.279 e. The Hall–Kier alpha value is -1.12. The molecule has 7 nitrogen and oxygen atoms in total. The highest BCUT2D eigenvalue weighted by molar-refractivity contribution is 7.87. The topological polar surface area (TPSA) is 93.2 Å². The molecule has 0 amide bonds. The van der Waals surface area contributed by atoms with Crippen LogP contribution in [0.2, 0.25) is 0 Å². The first-order valence-electron chi connectivity index (χ1n) is 6.41. The van der Waals surface area contributed by atoms with Crippen LogP contribution in [0.4, 0.5) is 5.82 Å². The number of nitrogen functional groups attached to an aromatic ring is 1. The summed E-state index contributed by atoms with van der Waals surface area (Å²) in [7, 11) is -1.71. The number of piperidine rings is 1. The van der Waals surface area contributed by atoms with Gasteiger partial charge >= 0.3 is 0 Å². The van der Waals surface area contributed by atoms with Gasteiger partial charge in [-0.15, -0.1) is 0 Å². The van der Waals surface area contributed by atoms with Crippen LogP contribution in [-0.4, -0.2) is 35.6 Å². The number of nitrogens with zero attached hydrogens (tertiary/aromatic N) is 3. The molecular weight excluding hydrogens is 266 g/mol. The van der Waals surface area contributed by atoms with Crippen molar-refractivity contribution in [2.24, 2.45) is 13.0 Å². The second-order valence-electron chi connectivity index (χ2n) is 5.11. The first-order valence-corrected chi connectivity index (χ1v) is 7.85. The van der Waals surface area contributed by atoms with Crippen LogP contribution in [0.15, 0.2) is 6.20 Å². The molecule has 1 saturated heterocycles. The third-order valence-electron chi connectivity index (χ3n) is 3.47. The van der Waals surface area contributed by atoms with Crippen LogP contribution in [0.3, 0.4) is 0 Å². The zero-order chi connectivity index (χ0) is 14.0. The quantitative estimate of drug-likeness (QED) is 0.819. The van der Waals surface area contributed by atoms with Gasteiger partial charge in [0.15, 0.2) is 0 Å². The lowest BCUT2D eigenvalue weighted by Crippen LogP contribution is -2.45. The molecule has 0 aliphatic carbocycles. The predicted molar refractivity (Wildman–Crippen MR) is 73.4 cm³/mol. The van der Waals surface area contributed by atoms with Gasteiger partial charge in [-0.2, -0.15) is 22.5 Å². The lowest BCUT2D eigenvalue weighted by atomic mass is 10.0. The fraction of sp³-hybridized carbons (Fsp3) is 0.727. The maximum absolute atomic E-state index is 12.2. The van der Waals surface area contributed by atoms with E-state index < -0.39 is 10.2 Å². The van der Waals surface area contributed by atoms with Gasteiger partial charge in [0.1, 0.15) is 5.82 Å². The number of aryl methyl sites for hydroxylation is 1. The van der Waals surface area contributed by atoms with E-state index in [0.29, 0.717) is 30.4 Å². The molecule has 1 atom stereocenters. The minimum atomic E-state index is -3.43. The molecule has 1 unspecified atom stereocenters. The monoisotopic (exact) mass is 287 g/mol. The molecule has 0 saturated carbocycles. The average molecular weight is 287 g/mol. The molecule has 108 valence electrons. The average Bonchev–Trinajstić information content (AvgIpc) is 2.68. The summed E-state index contributed by atoms with van der Waals surface area (Å²) in [5, 5.41) is 3.98. The van der Waals surface area contributed by atoms with Gasteiger partial charge in [0.25, 0.3) is 10.2 Å². The van der Waals surface area contributed by atoms with E-state index in [1.54, 1.807) is 13.2 Å². The van der Waals surface area contributed by atoms with Gasteiger partial charge in [0.05, 0.1) is 6.20 Å².